The van der Waals surface area contributed by atoms with Gasteiger partial charge in [-0.15, -0.1) is 0 Å². The molecule has 0 aliphatic carbocycles. The van der Waals surface area contributed by atoms with Gasteiger partial charge in [0, 0.05) is 6.07 Å². The molecule has 0 aromatic heterocycles. The molecule has 1 N–H and O–H groups in total. The number of nitro groups is 2. The van der Waals surface area contributed by atoms with Crippen molar-refractivity contribution in [3.8, 4) is 0 Å². The molecule has 0 amide bonds. The molecule has 1 aromatic rings. The molecule has 0 aliphatic heterocycles. The Labute approximate surface area is 94.8 Å². The monoisotopic (exact) mass is 240 g/mol. The van der Waals surface area contributed by atoms with Crippen LogP contribution in [0.25, 0.3) is 0 Å². The summed E-state index contributed by atoms with van der Waals surface area (Å²) in [5.41, 5.74) is -1.66. The number of hydrogen-bond acceptors (Lipinski definition) is 5. The first-order valence-corrected chi connectivity index (χ1v) is 4.50. The van der Waals surface area contributed by atoms with Gasteiger partial charge < -0.3 is 5.11 Å². The Kier molecular flexibility index (Phi) is 3.37. The van der Waals surface area contributed by atoms with Gasteiger partial charge >= 0.3 is 17.3 Å². The number of hydrogen-bond donors (Lipinski definition) is 1. The number of para-hydroxylation sites is 1. The number of aliphatic carboxylic acids is 1. The predicted molar refractivity (Wildman–Crippen MR) is 55.8 cm³/mol. The van der Waals surface area contributed by atoms with E-state index in [1.165, 1.54) is 19.1 Å². The molecule has 1 unspecified atom stereocenters. The van der Waals surface area contributed by atoms with Crippen molar-refractivity contribution in [2.75, 3.05) is 0 Å². The minimum Gasteiger partial charge on any atom is -0.481 e. The van der Waals surface area contributed by atoms with Crippen LogP contribution >= 0.6 is 0 Å². The maximum absolute atomic E-state index is 10.8. The summed E-state index contributed by atoms with van der Waals surface area (Å²) in [6.45, 7) is 1.23. The molecule has 0 aliphatic rings. The molecule has 0 fully saturated rings. The van der Waals surface area contributed by atoms with Gasteiger partial charge in [-0.3, -0.25) is 25.0 Å². The van der Waals surface area contributed by atoms with Crippen LogP contribution in [0.4, 0.5) is 11.4 Å². The van der Waals surface area contributed by atoms with Gasteiger partial charge in [-0.1, -0.05) is 12.1 Å². The zero-order chi connectivity index (χ0) is 13.2. The lowest BCUT2D eigenvalue weighted by Crippen LogP contribution is -2.11. The molecule has 8 heteroatoms. The minimum absolute atomic E-state index is 0.184. The van der Waals surface area contributed by atoms with Crippen LogP contribution in [-0.2, 0) is 4.79 Å². The fourth-order valence-corrected chi connectivity index (χ4v) is 1.38. The molecule has 90 valence electrons. The van der Waals surface area contributed by atoms with Gasteiger partial charge in [-0.05, 0) is 6.92 Å². The van der Waals surface area contributed by atoms with Crippen LogP contribution in [0, 0.1) is 20.2 Å². The van der Waals surface area contributed by atoms with Crippen molar-refractivity contribution in [3.05, 3.63) is 44.0 Å². The maximum atomic E-state index is 10.8. The fourth-order valence-electron chi connectivity index (χ4n) is 1.38. The number of carbonyl (C=O) groups is 1. The van der Waals surface area contributed by atoms with Crippen LogP contribution < -0.4 is 0 Å². The van der Waals surface area contributed by atoms with E-state index < -0.39 is 33.1 Å². The minimum atomic E-state index is -1.28. The third-order valence-electron chi connectivity index (χ3n) is 2.26. The van der Waals surface area contributed by atoms with E-state index in [4.69, 9.17) is 5.11 Å². The molecular formula is C9H8N2O6. The Bertz CT molecular complexity index is 498. The summed E-state index contributed by atoms with van der Waals surface area (Å²) in [6.07, 6.45) is 0. The Morgan fingerprint density at radius 1 is 1.29 bits per heavy atom. The molecule has 8 nitrogen and oxygen atoms in total. The molecule has 1 atom stereocenters. The largest absolute Gasteiger partial charge is 0.481 e. The molecule has 0 saturated heterocycles. The average molecular weight is 240 g/mol. The highest BCUT2D eigenvalue weighted by Gasteiger charge is 2.32. The quantitative estimate of drug-likeness (QED) is 0.630. The summed E-state index contributed by atoms with van der Waals surface area (Å²) in [6, 6.07) is 3.39. The summed E-state index contributed by atoms with van der Waals surface area (Å²) >= 11 is 0. The van der Waals surface area contributed by atoms with Crippen molar-refractivity contribution in [3.63, 3.8) is 0 Å². The Morgan fingerprint density at radius 2 is 1.88 bits per heavy atom. The first kappa shape index (κ1) is 12.6. The van der Waals surface area contributed by atoms with Gasteiger partial charge in [0.15, 0.2) is 0 Å². The summed E-state index contributed by atoms with van der Waals surface area (Å²) < 4.78 is 0. The van der Waals surface area contributed by atoms with Gasteiger partial charge in [-0.2, -0.15) is 0 Å². The molecule has 0 bridgehead atoms. The van der Waals surface area contributed by atoms with Crippen molar-refractivity contribution in [1.29, 1.82) is 0 Å². The van der Waals surface area contributed by atoms with Gasteiger partial charge in [0.25, 0.3) is 0 Å². The smallest absolute Gasteiger partial charge is 0.350 e. The Hall–Kier alpha value is -2.51. The zero-order valence-electron chi connectivity index (χ0n) is 8.69. The molecule has 1 rings (SSSR count). The molecule has 0 spiro atoms. The zero-order valence-corrected chi connectivity index (χ0v) is 8.69. The normalized spacial score (nSPS) is 11.8. The van der Waals surface area contributed by atoms with Crippen molar-refractivity contribution < 1.29 is 19.7 Å². The van der Waals surface area contributed by atoms with Crippen LogP contribution in [0.1, 0.15) is 18.4 Å². The number of carboxylic acid groups (broad SMARTS) is 1. The van der Waals surface area contributed by atoms with Gasteiger partial charge in [0.05, 0.1) is 21.3 Å². The number of nitro benzene ring substituents is 2. The molecule has 0 heterocycles. The van der Waals surface area contributed by atoms with E-state index in [1.807, 2.05) is 0 Å². The lowest BCUT2D eigenvalue weighted by atomic mass is 9.98. The van der Waals surface area contributed by atoms with E-state index >= 15 is 0 Å². The SMILES string of the molecule is CC(C(=O)O)c1cccc([N+](=O)[O-])c1[N+](=O)[O-]. The molecule has 17 heavy (non-hydrogen) atoms. The van der Waals surface area contributed by atoms with E-state index in [2.05, 4.69) is 0 Å². The first-order valence-electron chi connectivity index (χ1n) is 4.50. The summed E-state index contributed by atoms with van der Waals surface area (Å²) in [7, 11) is 0. The third-order valence-corrected chi connectivity index (χ3v) is 2.26. The molecule has 0 radical (unpaired) electrons. The first-order chi connectivity index (χ1) is 7.86. The van der Waals surface area contributed by atoms with E-state index in [-0.39, 0.29) is 5.56 Å². The molecule has 1 aromatic carbocycles. The lowest BCUT2D eigenvalue weighted by molar-refractivity contribution is -0.423. The van der Waals surface area contributed by atoms with Crippen molar-refractivity contribution in [1.82, 2.24) is 0 Å². The van der Waals surface area contributed by atoms with Gasteiger partial charge in [-0.25, -0.2) is 0 Å². The number of rotatable bonds is 4. The number of nitrogens with zero attached hydrogens (tertiary/aromatic N) is 2. The summed E-state index contributed by atoms with van der Waals surface area (Å²) in [4.78, 5) is 30.3. The lowest BCUT2D eigenvalue weighted by Gasteiger charge is -2.06. The number of benzene rings is 1. The van der Waals surface area contributed by atoms with Crippen LogP contribution in [0.3, 0.4) is 0 Å². The highest BCUT2D eigenvalue weighted by Crippen LogP contribution is 2.34. The second kappa shape index (κ2) is 4.56. The average Bonchev–Trinajstić information content (AvgIpc) is 2.26. The van der Waals surface area contributed by atoms with Crippen LogP contribution in [0.5, 0.6) is 0 Å². The summed E-state index contributed by atoms with van der Waals surface area (Å²) in [5.74, 6) is -2.47. The molecule has 0 saturated carbocycles. The third kappa shape index (κ3) is 2.36. The van der Waals surface area contributed by atoms with E-state index in [1.54, 1.807) is 0 Å². The maximum Gasteiger partial charge on any atom is 0.350 e. The van der Waals surface area contributed by atoms with E-state index in [0.29, 0.717) is 0 Å². The fraction of sp³-hybridized carbons (Fsp3) is 0.222. The topological polar surface area (TPSA) is 124 Å². The van der Waals surface area contributed by atoms with Crippen LogP contribution in [0.15, 0.2) is 18.2 Å². The van der Waals surface area contributed by atoms with E-state index in [0.717, 1.165) is 6.07 Å². The second-order valence-electron chi connectivity index (χ2n) is 3.29. The highest BCUT2D eigenvalue weighted by molar-refractivity contribution is 5.78. The van der Waals surface area contributed by atoms with Crippen molar-refractivity contribution in [2.45, 2.75) is 12.8 Å². The van der Waals surface area contributed by atoms with Crippen molar-refractivity contribution in [2.24, 2.45) is 0 Å². The van der Waals surface area contributed by atoms with Crippen molar-refractivity contribution >= 4 is 17.3 Å². The second-order valence-corrected chi connectivity index (χ2v) is 3.29. The standard InChI is InChI=1S/C9H8N2O6/c1-5(9(12)13)6-3-2-4-7(10(14)15)8(6)11(16)17/h2-5H,1H3,(H,12,13). The number of carboxylic acids is 1. The Balaban J connectivity index is 3.50. The van der Waals surface area contributed by atoms with E-state index in [9.17, 15) is 25.0 Å². The molecular weight excluding hydrogens is 232 g/mol. The van der Waals surface area contributed by atoms with Crippen LogP contribution in [-0.4, -0.2) is 20.9 Å². The van der Waals surface area contributed by atoms with Gasteiger partial charge in [0.1, 0.15) is 0 Å². The van der Waals surface area contributed by atoms with Gasteiger partial charge in [0.2, 0.25) is 0 Å². The van der Waals surface area contributed by atoms with Crippen LogP contribution in [0.2, 0.25) is 0 Å². The summed E-state index contributed by atoms with van der Waals surface area (Å²) in [5, 5.41) is 30.2. The Morgan fingerprint density at radius 3 is 2.29 bits per heavy atom. The highest BCUT2D eigenvalue weighted by atomic mass is 16.6. The predicted octanol–water partition coefficient (Wildman–Crippen LogP) is 1.69.